The van der Waals surface area contributed by atoms with Crippen LogP contribution in [0.15, 0.2) is 36.4 Å². The van der Waals surface area contributed by atoms with Crippen LogP contribution in [0.1, 0.15) is 5.56 Å². The van der Waals surface area contributed by atoms with E-state index in [4.69, 9.17) is 5.73 Å². The lowest BCUT2D eigenvalue weighted by Crippen LogP contribution is -1.90. The van der Waals surface area contributed by atoms with E-state index in [0.717, 1.165) is 22.0 Å². The minimum Gasteiger partial charge on any atom is -0.399 e. The smallest absolute Gasteiger partial charge is 0.0934 e. The molecule has 0 aromatic heterocycles. The van der Waals surface area contributed by atoms with Gasteiger partial charge in [-0.1, -0.05) is 24.3 Å². The van der Waals surface area contributed by atoms with Gasteiger partial charge in [-0.05, 0) is 28.5 Å². The van der Waals surface area contributed by atoms with Crippen LogP contribution in [0, 0.1) is 0 Å². The van der Waals surface area contributed by atoms with Crippen molar-refractivity contribution in [3.63, 3.8) is 0 Å². The van der Waals surface area contributed by atoms with Crippen molar-refractivity contribution >= 4 is 16.5 Å². The van der Waals surface area contributed by atoms with Gasteiger partial charge < -0.3 is 5.73 Å². The average molecular weight is 189 g/mol. The number of nitrogen functional groups attached to an aromatic ring is 1. The summed E-state index contributed by atoms with van der Waals surface area (Å²) in [4.78, 5) is 0. The molecule has 2 aromatic carbocycles. The molecule has 72 valence electrons. The zero-order valence-corrected chi connectivity index (χ0v) is 7.83. The molecule has 0 fully saturated rings. The number of anilines is 1. The van der Waals surface area contributed by atoms with Gasteiger partial charge in [-0.3, -0.25) is 4.39 Å². The summed E-state index contributed by atoms with van der Waals surface area (Å²) in [5.41, 5.74) is 7.47. The first-order valence-electron chi connectivity index (χ1n) is 4.64. The maximum atomic E-state index is 12.3. The van der Waals surface area contributed by atoms with Crippen molar-refractivity contribution in [3.05, 3.63) is 42.0 Å². The zero-order valence-electron chi connectivity index (χ0n) is 7.83. The van der Waals surface area contributed by atoms with Crippen molar-refractivity contribution in [3.8, 4) is 0 Å². The molecule has 0 spiro atoms. The van der Waals surface area contributed by atoms with Gasteiger partial charge in [-0.15, -0.1) is 0 Å². The van der Waals surface area contributed by atoms with E-state index in [1.807, 2.05) is 36.4 Å². The first-order chi connectivity index (χ1) is 6.81. The van der Waals surface area contributed by atoms with E-state index in [1.165, 1.54) is 0 Å². The van der Waals surface area contributed by atoms with Crippen LogP contribution in [0.2, 0.25) is 0 Å². The lowest BCUT2D eigenvalue weighted by atomic mass is 10.0. The molecular formula is C12H12FN. The van der Waals surface area contributed by atoms with Crippen molar-refractivity contribution in [2.45, 2.75) is 6.42 Å². The van der Waals surface area contributed by atoms with Crippen LogP contribution in [0.4, 0.5) is 10.1 Å². The fourth-order valence-corrected chi connectivity index (χ4v) is 1.69. The Morgan fingerprint density at radius 3 is 2.79 bits per heavy atom. The summed E-state index contributed by atoms with van der Waals surface area (Å²) in [5.74, 6) is 0. The number of fused-ring (bicyclic) bond motifs is 1. The topological polar surface area (TPSA) is 26.0 Å². The summed E-state index contributed by atoms with van der Waals surface area (Å²) >= 11 is 0. The van der Waals surface area contributed by atoms with Crippen LogP contribution in [-0.2, 0) is 6.42 Å². The zero-order chi connectivity index (χ0) is 9.97. The van der Waals surface area contributed by atoms with Gasteiger partial charge in [-0.25, -0.2) is 0 Å². The maximum Gasteiger partial charge on any atom is 0.0934 e. The van der Waals surface area contributed by atoms with Gasteiger partial charge in [0.2, 0.25) is 0 Å². The third kappa shape index (κ3) is 1.55. The van der Waals surface area contributed by atoms with Gasteiger partial charge in [0.05, 0.1) is 6.67 Å². The molecule has 0 aliphatic rings. The highest BCUT2D eigenvalue weighted by atomic mass is 19.1. The highest BCUT2D eigenvalue weighted by Gasteiger charge is 2.00. The fraction of sp³-hybridized carbons (Fsp3) is 0.167. The minimum absolute atomic E-state index is 0.316. The van der Waals surface area contributed by atoms with Crippen molar-refractivity contribution in [1.82, 2.24) is 0 Å². The molecule has 14 heavy (non-hydrogen) atoms. The number of halogens is 1. The fourth-order valence-electron chi connectivity index (χ4n) is 1.69. The van der Waals surface area contributed by atoms with E-state index < -0.39 is 0 Å². The molecule has 0 saturated carbocycles. The van der Waals surface area contributed by atoms with Gasteiger partial charge in [0.1, 0.15) is 0 Å². The Labute approximate surface area is 82.3 Å². The Hall–Kier alpha value is -1.57. The largest absolute Gasteiger partial charge is 0.399 e. The Kier molecular flexibility index (Phi) is 2.35. The standard InChI is InChI=1S/C12H12FN/c13-7-6-9-2-1-3-10-8-11(14)4-5-12(9)10/h1-5,8H,6-7,14H2. The van der Waals surface area contributed by atoms with Crippen LogP contribution in [0.3, 0.4) is 0 Å². The molecule has 2 N–H and O–H groups in total. The van der Waals surface area contributed by atoms with E-state index in [2.05, 4.69) is 0 Å². The predicted octanol–water partition coefficient (Wildman–Crippen LogP) is 2.93. The summed E-state index contributed by atoms with van der Waals surface area (Å²) in [7, 11) is 0. The SMILES string of the molecule is Nc1ccc2c(CCF)cccc2c1. The second-order valence-corrected chi connectivity index (χ2v) is 3.34. The number of nitrogens with two attached hydrogens (primary N) is 1. The first-order valence-corrected chi connectivity index (χ1v) is 4.64. The van der Waals surface area contributed by atoms with Crippen molar-refractivity contribution < 1.29 is 4.39 Å². The summed E-state index contributed by atoms with van der Waals surface area (Å²) in [6.45, 7) is -0.316. The number of alkyl halides is 1. The van der Waals surface area contributed by atoms with Gasteiger partial charge >= 0.3 is 0 Å². The van der Waals surface area contributed by atoms with E-state index in [-0.39, 0.29) is 6.67 Å². The van der Waals surface area contributed by atoms with Crippen molar-refractivity contribution in [2.75, 3.05) is 12.4 Å². The van der Waals surface area contributed by atoms with Gasteiger partial charge in [0.15, 0.2) is 0 Å². The normalized spacial score (nSPS) is 10.6. The van der Waals surface area contributed by atoms with Crippen LogP contribution in [-0.4, -0.2) is 6.67 Å². The van der Waals surface area contributed by atoms with E-state index in [1.54, 1.807) is 0 Å². The molecule has 0 amide bonds. The second-order valence-electron chi connectivity index (χ2n) is 3.34. The molecule has 2 aromatic rings. The number of rotatable bonds is 2. The molecule has 0 unspecified atom stereocenters. The predicted molar refractivity (Wildman–Crippen MR) is 58.0 cm³/mol. The van der Waals surface area contributed by atoms with Crippen LogP contribution in [0.5, 0.6) is 0 Å². The number of hydrogen-bond acceptors (Lipinski definition) is 1. The highest BCUT2D eigenvalue weighted by Crippen LogP contribution is 2.21. The third-order valence-electron chi connectivity index (χ3n) is 2.36. The lowest BCUT2D eigenvalue weighted by Gasteiger charge is -2.04. The Bertz CT molecular complexity index is 451. The second kappa shape index (κ2) is 3.66. The molecule has 0 saturated heterocycles. The van der Waals surface area contributed by atoms with Gasteiger partial charge in [0.25, 0.3) is 0 Å². The van der Waals surface area contributed by atoms with Gasteiger partial charge in [-0.2, -0.15) is 0 Å². The highest BCUT2D eigenvalue weighted by molar-refractivity contribution is 5.88. The van der Waals surface area contributed by atoms with Gasteiger partial charge in [0, 0.05) is 12.1 Å². The molecule has 0 heterocycles. The first kappa shape index (κ1) is 9.00. The number of benzene rings is 2. The molecule has 1 nitrogen and oxygen atoms in total. The molecule has 0 aliphatic carbocycles. The maximum absolute atomic E-state index is 12.3. The average Bonchev–Trinajstić information content (AvgIpc) is 2.18. The molecule has 2 heteroatoms. The Morgan fingerprint density at radius 1 is 1.14 bits per heavy atom. The molecule has 2 rings (SSSR count). The molecule has 0 aliphatic heterocycles. The molecule has 0 radical (unpaired) electrons. The third-order valence-corrected chi connectivity index (χ3v) is 2.36. The number of aryl methyl sites for hydroxylation is 1. The molecule has 0 bridgehead atoms. The van der Waals surface area contributed by atoms with Crippen LogP contribution >= 0.6 is 0 Å². The van der Waals surface area contributed by atoms with Crippen LogP contribution in [0.25, 0.3) is 10.8 Å². The molecular weight excluding hydrogens is 177 g/mol. The van der Waals surface area contributed by atoms with E-state index in [0.29, 0.717) is 6.42 Å². The van der Waals surface area contributed by atoms with Crippen molar-refractivity contribution in [1.29, 1.82) is 0 Å². The quantitative estimate of drug-likeness (QED) is 0.722. The van der Waals surface area contributed by atoms with E-state index >= 15 is 0 Å². The summed E-state index contributed by atoms with van der Waals surface area (Å²) in [6, 6.07) is 11.6. The van der Waals surface area contributed by atoms with Crippen molar-refractivity contribution in [2.24, 2.45) is 0 Å². The minimum atomic E-state index is -0.316. The Balaban J connectivity index is 2.62. The van der Waals surface area contributed by atoms with E-state index in [9.17, 15) is 4.39 Å². The lowest BCUT2D eigenvalue weighted by molar-refractivity contribution is 0.496. The molecule has 0 atom stereocenters. The summed E-state index contributed by atoms with van der Waals surface area (Å²) in [6.07, 6.45) is 0.473. The van der Waals surface area contributed by atoms with Crippen LogP contribution < -0.4 is 5.73 Å². The monoisotopic (exact) mass is 189 g/mol. The summed E-state index contributed by atoms with van der Waals surface area (Å²) < 4.78 is 12.3. The Morgan fingerprint density at radius 2 is 2.00 bits per heavy atom. The number of hydrogen-bond donors (Lipinski definition) is 1. The summed E-state index contributed by atoms with van der Waals surface area (Å²) in [5, 5.41) is 2.18.